The fourth-order valence-electron chi connectivity index (χ4n) is 2.71. The van der Waals surface area contributed by atoms with Gasteiger partial charge in [-0.15, -0.1) is 0 Å². The zero-order valence-electron chi connectivity index (χ0n) is 17.6. The number of ketones is 2. The van der Waals surface area contributed by atoms with E-state index in [0.29, 0.717) is 25.7 Å². The van der Waals surface area contributed by atoms with Gasteiger partial charge in [-0.1, -0.05) is 24.3 Å². The molecule has 0 saturated carbocycles. The topological polar surface area (TPSA) is 86.7 Å². The second-order valence-electron chi connectivity index (χ2n) is 6.74. The fraction of sp³-hybridized carbons (Fsp3) is 0.636. The SMILES string of the molecule is COC(=O)C(CCC/C=C(/C)C#CCCCCC(C(C)=O)C(=O)OC)C(C)=O. The second-order valence-corrected chi connectivity index (χ2v) is 6.74. The fourth-order valence-corrected chi connectivity index (χ4v) is 2.71. The van der Waals surface area contributed by atoms with Crippen LogP contribution < -0.4 is 0 Å². The van der Waals surface area contributed by atoms with Crippen molar-refractivity contribution in [3.05, 3.63) is 11.6 Å². The average molecular weight is 392 g/mol. The highest BCUT2D eigenvalue weighted by molar-refractivity contribution is 5.98. The maximum atomic E-state index is 11.5. The molecule has 0 saturated heterocycles. The summed E-state index contributed by atoms with van der Waals surface area (Å²) < 4.78 is 9.28. The van der Waals surface area contributed by atoms with E-state index < -0.39 is 23.8 Å². The van der Waals surface area contributed by atoms with Crippen LogP contribution in [0.4, 0.5) is 0 Å². The molecule has 0 aromatic rings. The summed E-state index contributed by atoms with van der Waals surface area (Å²) in [5, 5.41) is 0. The van der Waals surface area contributed by atoms with E-state index >= 15 is 0 Å². The quantitative estimate of drug-likeness (QED) is 0.219. The van der Waals surface area contributed by atoms with Gasteiger partial charge < -0.3 is 9.47 Å². The first-order valence-electron chi connectivity index (χ1n) is 9.56. The lowest BCUT2D eigenvalue weighted by atomic mass is 9.97. The Hall–Kier alpha value is -2.42. The van der Waals surface area contributed by atoms with Gasteiger partial charge in [-0.05, 0) is 58.4 Å². The molecule has 0 radical (unpaired) electrons. The molecule has 2 atom stereocenters. The summed E-state index contributed by atoms with van der Waals surface area (Å²) in [7, 11) is 2.57. The Labute approximate surface area is 168 Å². The molecule has 6 heteroatoms. The Bertz CT molecular complexity index is 635. The van der Waals surface area contributed by atoms with Crippen LogP contribution in [0.2, 0.25) is 0 Å². The minimum atomic E-state index is -0.686. The third kappa shape index (κ3) is 10.7. The van der Waals surface area contributed by atoms with E-state index in [9.17, 15) is 19.2 Å². The van der Waals surface area contributed by atoms with Gasteiger partial charge in [0, 0.05) is 6.42 Å². The van der Waals surface area contributed by atoms with Gasteiger partial charge in [-0.3, -0.25) is 19.2 Å². The molecule has 6 nitrogen and oxygen atoms in total. The lowest BCUT2D eigenvalue weighted by Crippen LogP contribution is -2.23. The van der Waals surface area contributed by atoms with E-state index in [2.05, 4.69) is 21.3 Å². The summed E-state index contributed by atoms with van der Waals surface area (Å²) in [5.74, 6) is 3.48. The van der Waals surface area contributed by atoms with E-state index in [1.54, 1.807) is 0 Å². The van der Waals surface area contributed by atoms with Crippen LogP contribution in [0.5, 0.6) is 0 Å². The number of hydrogen-bond acceptors (Lipinski definition) is 6. The van der Waals surface area contributed by atoms with Crippen LogP contribution in [-0.4, -0.2) is 37.7 Å². The average Bonchev–Trinajstić information content (AvgIpc) is 2.65. The van der Waals surface area contributed by atoms with Gasteiger partial charge in [0.05, 0.1) is 14.2 Å². The molecule has 0 aliphatic rings. The van der Waals surface area contributed by atoms with Crippen LogP contribution >= 0.6 is 0 Å². The number of methoxy groups -OCH3 is 2. The summed E-state index contributed by atoms with van der Waals surface area (Å²) in [6.45, 7) is 4.72. The number of carbonyl (C=O) groups is 4. The Morgan fingerprint density at radius 2 is 1.32 bits per heavy atom. The van der Waals surface area contributed by atoms with Gasteiger partial charge in [0.15, 0.2) is 0 Å². The number of unbranched alkanes of at least 4 members (excludes halogenated alkanes) is 3. The summed E-state index contributed by atoms with van der Waals surface area (Å²) in [4.78, 5) is 45.9. The van der Waals surface area contributed by atoms with Gasteiger partial charge in [-0.2, -0.15) is 0 Å². The number of carbonyl (C=O) groups excluding carboxylic acids is 4. The lowest BCUT2D eigenvalue weighted by Gasteiger charge is -2.10. The second kappa shape index (κ2) is 14.6. The molecular weight excluding hydrogens is 360 g/mol. The first-order valence-corrected chi connectivity index (χ1v) is 9.56. The third-order valence-electron chi connectivity index (χ3n) is 4.43. The molecule has 0 spiro atoms. The van der Waals surface area contributed by atoms with Crippen molar-refractivity contribution in [1.29, 1.82) is 0 Å². The van der Waals surface area contributed by atoms with E-state index in [4.69, 9.17) is 0 Å². The summed E-state index contributed by atoms with van der Waals surface area (Å²) in [5.41, 5.74) is 0.939. The lowest BCUT2D eigenvalue weighted by molar-refractivity contribution is -0.150. The van der Waals surface area contributed by atoms with Gasteiger partial charge in [-0.25, -0.2) is 0 Å². The molecule has 0 heterocycles. The minimum absolute atomic E-state index is 0.170. The van der Waals surface area contributed by atoms with Crippen molar-refractivity contribution in [2.45, 2.75) is 65.7 Å². The molecule has 156 valence electrons. The molecule has 28 heavy (non-hydrogen) atoms. The molecule has 0 aromatic carbocycles. The molecular formula is C22H32O6. The van der Waals surface area contributed by atoms with Crippen LogP contribution in [0.1, 0.15) is 65.7 Å². The van der Waals surface area contributed by atoms with Crippen molar-refractivity contribution in [3.63, 3.8) is 0 Å². The van der Waals surface area contributed by atoms with Crippen molar-refractivity contribution in [3.8, 4) is 11.8 Å². The normalized spacial score (nSPS) is 13.0. The van der Waals surface area contributed by atoms with E-state index in [1.807, 2.05) is 13.0 Å². The van der Waals surface area contributed by atoms with Crippen molar-refractivity contribution >= 4 is 23.5 Å². The van der Waals surface area contributed by atoms with Crippen LogP contribution in [-0.2, 0) is 28.7 Å². The largest absolute Gasteiger partial charge is 0.468 e. The van der Waals surface area contributed by atoms with Gasteiger partial charge in [0.1, 0.15) is 23.4 Å². The molecule has 0 fully saturated rings. The first-order chi connectivity index (χ1) is 13.2. The summed E-state index contributed by atoms with van der Waals surface area (Å²) in [6.07, 6.45) is 6.61. The Balaban J connectivity index is 4.20. The number of allylic oxidation sites excluding steroid dienone is 2. The predicted molar refractivity (Wildman–Crippen MR) is 106 cm³/mol. The zero-order chi connectivity index (χ0) is 21.5. The summed E-state index contributed by atoms with van der Waals surface area (Å²) >= 11 is 0. The molecule has 0 N–H and O–H groups in total. The highest BCUT2D eigenvalue weighted by Gasteiger charge is 2.23. The minimum Gasteiger partial charge on any atom is -0.468 e. The van der Waals surface area contributed by atoms with Gasteiger partial charge >= 0.3 is 11.9 Å². The van der Waals surface area contributed by atoms with Crippen LogP contribution in [0, 0.1) is 23.7 Å². The molecule has 0 rings (SSSR count). The molecule has 0 aliphatic heterocycles. The smallest absolute Gasteiger partial charge is 0.316 e. The van der Waals surface area contributed by atoms with Crippen LogP contribution in [0.15, 0.2) is 11.6 Å². The van der Waals surface area contributed by atoms with E-state index in [0.717, 1.165) is 24.8 Å². The molecule has 0 aliphatic carbocycles. The van der Waals surface area contributed by atoms with E-state index in [-0.39, 0.29) is 11.6 Å². The number of ether oxygens (including phenoxy) is 2. The predicted octanol–water partition coefficient (Wildman–Crippen LogP) is 3.42. The van der Waals surface area contributed by atoms with Crippen molar-refractivity contribution < 1.29 is 28.7 Å². The maximum Gasteiger partial charge on any atom is 0.316 e. The molecule has 0 aromatic heterocycles. The Kier molecular flexibility index (Phi) is 13.4. The van der Waals surface area contributed by atoms with Gasteiger partial charge in [0.25, 0.3) is 0 Å². The van der Waals surface area contributed by atoms with Crippen molar-refractivity contribution in [1.82, 2.24) is 0 Å². The number of rotatable bonds is 12. The monoisotopic (exact) mass is 392 g/mol. The number of esters is 2. The molecule has 0 amide bonds. The third-order valence-corrected chi connectivity index (χ3v) is 4.43. The highest BCUT2D eigenvalue weighted by atomic mass is 16.5. The standard InChI is InChI=1S/C22H32O6/c1-16(13-10-11-15-20(18(3)24)22(26)28-5)12-8-6-7-9-14-19(17(2)23)21(25)27-4/h13,19-20H,6-7,9-11,14-15H2,1-5H3/b16-13-. The number of hydrogen-bond donors (Lipinski definition) is 0. The first kappa shape index (κ1) is 25.6. The zero-order valence-corrected chi connectivity index (χ0v) is 17.6. The van der Waals surface area contributed by atoms with Crippen molar-refractivity contribution in [2.75, 3.05) is 14.2 Å². The van der Waals surface area contributed by atoms with Crippen molar-refractivity contribution in [2.24, 2.45) is 11.8 Å². The van der Waals surface area contributed by atoms with Crippen LogP contribution in [0.3, 0.4) is 0 Å². The summed E-state index contributed by atoms with van der Waals surface area (Å²) in [6, 6.07) is 0. The number of Topliss-reactive ketones (excluding diaryl/α,β-unsaturated/α-hetero) is 2. The Morgan fingerprint density at radius 1 is 0.821 bits per heavy atom. The maximum absolute atomic E-state index is 11.5. The van der Waals surface area contributed by atoms with Crippen LogP contribution in [0.25, 0.3) is 0 Å². The van der Waals surface area contributed by atoms with Gasteiger partial charge in [0.2, 0.25) is 0 Å². The molecule has 2 unspecified atom stereocenters. The molecule has 0 bridgehead atoms. The highest BCUT2D eigenvalue weighted by Crippen LogP contribution is 2.14. The van der Waals surface area contributed by atoms with E-state index in [1.165, 1.54) is 28.1 Å². The Morgan fingerprint density at radius 3 is 1.79 bits per heavy atom.